The first-order valence-electron chi connectivity index (χ1n) is 5.63. The molecule has 1 aliphatic rings. The largest absolute Gasteiger partial charge is 0.444 e. The zero-order valence-corrected chi connectivity index (χ0v) is 10.8. The highest BCUT2D eigenvalue weighted by Gasteiger charge is 2.50. The van der Waals surface area contributed by atoms with Crippen LogP contribution < -0.4 is 0 Å². The highest BCUT2D eigenvalue weighted by Crippen LogP contribution is 2.44. The molecule has 0 aromatic rings. The highest BCUT2D eigenvalue weighted by molar-refractivity contribution is 5.79. The predicted molar refractivity (Wildman–Crippen MR) is 61.3 cm³/mol. The van der Waals surface area contributed by atoms with E-state index in [9.17, 15) is 9.59 Å². The van der Waals surface area contributed by atoms with Crippen LogP contribution in [0.2, 0.25) is 0 Å². The van der Waals surface area contributed by atoms with Gasteiger partial charge in [-0.2, -0.15) is 0 Å². The molecule has 4 heteroatoms. The molecule has 0 N–H and O–H groups in total. The van der Waals surface area contributed by atoms with Crippen LogP contribution in [0.15, 0.2) is 0 Å². The first-order chi connectivity index (χ1) is 7.16. The van der Waals surface area contributed by atoms with Crippen molar-refractivity contribution < 1.29 is 14.3 Å². The van der Waals surface area contributed by atoms with E-state index < -0.39 is 5.60 Å². The van der Waals surface area contributed by atoms with Crippen LogP contribution in [0, 0.1) is 0 Å². The van der Waals surface area contributed by atoms with E-state index >= 15 is 0 Å². The van der Waals surface area contributed by atoms with E-state index in [1.54, 1.807) is 18.9 Å². The van der Waals surface area contributed by atoms with Gasteiger partial charge in [-0.15, -0.1) is 0 Å². The van der Waals surface area contributed by atoms with E-state index in [-0.39, 0.29) is 17.4 Å². The Hall–Kier alpha value is -1.06. The molecule has 0 saturated heterocycles. The molecule has 0 bridgehead atoms. The van der Waals surface area contributed by atoms with Crippen LogP contribution in [0.4, 0.5) is 4.79 Å². The second kappa shape index (κ2) is 4.07. The Morgan fingerprint density at radius 1 is 1.31 bits per heavy atom. The lowest BCUT2D eigenvalue weighted by Gasteiger charge is -2.30. The van der Waals surface area contributed by atoms with Crippen molar-refractivity contribution in [1.29, 1.82) is 0 Å². The van der Waals surface area contributed by atoms with E-state index in [1.807, 2.05) is 20.8 Å². The van der Waals surface area contributed by atoms with E-state index in [0.29, 0.717) is 6.42 Å². The van der Waals surface area contributed by atoms with Crippen molar-refractivity contribution in [3.8, 4) is 0 Å². The van der Waals surface area contributed by atoms with Crippen molar-refractivity contribution in [1.82, 2.24) is 4.90 Å². The van der Waals surface area contributed by atoms with Gasteiger partial charge in [-0.1, -0.05) is 0 Å². The molecule has 1 aliphatic carbocycles. The Labute approximate surface area is 96.9 Å². The number of amides is 1. The minimum absolute atomic E-state index is 0.118. The lowest BCUT2D eigenvalue weighted by atomic mass is 10.1. The van der Waals surface area contributed by atoms with Gasteiger partial charge in [0.25, 0.3) is 0 Å². The van der Waals surface area contributed by atoms with Gasteiger partial charge in [0.1, 0.15) is 11.4 Å². The maximum absolute atomic E-state index is 11.8. The summed E-state index contributed by atoms with van der Waals surface area (Å²) in [5.41, 5.74) is -0.758. The Kier molecular flexibility index (Phi) is 3.31. The molecule has 1 fully saturated rings. The van der Waals surface area contributed by atoms with Gasteiger partial charge >= 0.3 is 6.09 Å². The zero-order valence-electron chi connectivity index (χ0n) is 10.8. The van der Waals surface area contributed by atoms with Crippen LogP contribution in [0.5, 0.6) is 0 Å². The SMILES string of the molecule is CC(=O)CC1(N(C)C(=O)OC(C)(C)C)CC1. The van der Waals surface area contributed by atoms with E-state index in [2.05, 4.69) is 0 Å². The van der Waals surface area contributed by atoms with Gasteiger partial charge in [0.05, 0.1) is 5.54 Å². The van der Waals surface area contributed by atoms with Gasteiger partial charge in [-0.3, -0.25) is 4.79 Å². The second-order valence-electron chi connectivity index (χ2n) is 5.64. The van der Waals surface area contributed by atoms with Crippen molar-refractivity contribution >= 4 is 11.9 Å². The van der Waals surface area contributed by atoms with Crippen LogP contribution in [0.1, 0.15) is 47.0 Å². The molecule has 92 valence electrons. The summed E-state index contributed by atoms with van der Waals surface area (Å²) < 4.78 is 5.28. The number of nitrogens with zero attached hydrogens (tertiary/aromatic N) is 1. The summed E-state index contributed by atoms with van der Waals surface area (Å²) in [6.07, 6.45) is 1.87. The standard InChI is InChI=1S/C12H21NO3/c1-9(14)8-12(6-7-12)13(5)10(15)16-11(2,3)4/h6-8H2,1-5H3. The molecule has 1 amide bonds. The van der Waals surface area contributed by atoms with Crippen molar-refractivity contribution in [3.05, 3.63) is 0 Å². The molecule has 1 rings (SSSR count). The summed E-state index contributed by atoms with van der Waals surface area (Å²) in [6.45, 7) is 7.07. The number of hydrogen-bond donors (Lipinski definition) is 0. The topological polar surface area (TPSA) is 46.6 Å². The van der Waals surface area contributed by atoms with Gasteiger partial charge in [-0.05, 0) is 40.5 Å². The number of hydrogen-bond acceptors (Lipinski definition) is 3. The monoisotopic (exact) mass is 227 g/mol. The fourth-order valence-electron chi connectivity index (χ4n) is 1.76. The fourth-order valence-corrected chi connectivity index (χ4v) is 1.76. The summed E-state index contributed by atoms with van der Waals surface area (Å²) in [5, 5.41) is 0. The average molecular weight is 227 g/mol. The summed E-state index contributed by atoms with van der Waals surface area (Å²) in [4.78, 5) is 24.5. The lowest BCUT2D eigenvalue weighted by Crippen LogP contribution is -2.43. The smallest absolute Gasteiger partial charge is 0.410 e. The first kappa shape index (κ1) is 13.0. The minimum Gasteiger partial charge on any atom is -0.444 e. The summed E-state index contributed by atoms with van der Waals surface area (Å²) in [6, 6.07) is 0. The van der Waals surface area contributed by atoms with Crippen LogP contribution in [-0.4, -0.2) is 35.0 Å². The molecular weight excluding hydrogens is 206 g/mol. The predicted octanol–water partition coefficient (Wildman–Crippen LogP) is 2.37. The molecule has 0 heterocycles. The Balaban J connectivity index is 2.60. The van der Waals surface area contributed by atoms with Gasteiger partial charge in [-0.25, -0.2) is 4.79 Å². The van der Waals surface area contributed by atoms with E-state index in [1.165, 1.54) is 0 Å². The fraction of sp³-hybridized carbons (Fsp3) is 0.833. The van der Waals surface area contributed by atoms with Crippen molar-refractivity contribution in [3.63, 3.8) is 0 Å². The third kappa shape index (κ3) is 3.22. The normalized spacial score (nSPS) is 17.8. The molecule has 0 aliphatic heterocycles. The minimum atomic E-state index is -0.488. The van der Waals surface area contributed by atoms with Crippen molar-refractivity contribution in [2.24, 2.45) is 0 Å². The van der Waals surface area contributed by atoms with Gasteiger partial charge < -0.3 is 9.64 Å². The first-order valence-corrected chi connectivity index (χ1v) is 5.63. The van der Waals surface area contributed by atoms with Gasteiger partial charge in [0.15, 0.2) is 0 Å². The number of carbonyl (C=O) groups excluding carboxylic acids is 2. The lowest BCUT2D eigenvalue weighted by molar-refractivity contribution is -0.118. The van der Waals surface area contributed by atoms with Crippen molar-refractivity contribution in [2.75, 3.05) is 7.05 Å². The summed E-state index contributed by atoms with van der Waals surface area (Å²) in [7, 11) is 1.71. The van der Waals surface area contributed by atoms with Crippen LogP contribution >= 0.6 is 0 Å². The van der Waals surface area contributed by atoms with Crippen LogP contribution in [-0.2, 0) is 9.53 Å². The van der Waals surface area contributed by atoms with E-state index in [0.717, 1.165) is 12.8 Å². The Morgan fingerprint density at radius 3 is 2.12 bits per heavy atom. The zero-order chi connectivity index (χ0) is 12.6. The summed E-state index contributed by atoms with van der Waals surface area (Å²) >= 11 is 0. The van der Waals surface area contributed by atoms with Gasteiger partial charge in [0.2, 0.25) is 0 Å². The van der Waals surface area contributed by atoms with Gasteiger partial charge in [0, 0.05) is 13.5 Å². The molecule has 0 unspecified atom stereocenters. The average Bonchev–Trinajstić information content (AvgIpc) is 2.80. The van der Waals surface area contributed by atoms with Crippen LogP contribution in [0.3, 0.4) is 0 Å². The maximum atomic E-state index is 11.8. The van der Waals surface area contributed by atoms with E-state index in [4.69, 9.17) is 4.74 Å². The third-order valence-electron chi connectivity index (χ3n) is 2.78. The molecule has 16 heavy (non-hydrogen) atoms. The number of rotatable bonds is 3. The molecule has 0 radical (unpaired) electrons. The number of Topliss-reactive ketones (excluding diaryl/α,β-unsaturated/α-hetero) is 1. The molecule has 1 saturated carbocycles. The quantitative estimate of drug-likeness (QED) is 0.743. The second-order valence-corrected chi connectivity index (χ2v) is 5.64. The molecule has 0 spiro atoms. The third-order valence-corrected chi connectivity index (χ3v) is 2.78. The molecular formula is C12H21NO3. The summed E-state index contributed by atoms with van der Waals surface area (Å²) in [5.74, 6) is 0.118. The Morgan fingerprint density at radius 2 is 1.81 bits per heavy atom. The van der Waals surface area contributed by atoms with Crippen LogP contribution in [0.25, 0.3) is 0 Å². The Bertz CT molecular complexity index is 300. The highest BCUT2D eigenvalue weighted by atomic mass is 16.6. The number of ketones is 1. The number of ether oxygens (including phenoxy) is 1. The molecule has 0 atom stereocenters. The molecule has 4 nitrogen and oxygen atoms in total. The number of carbonyl (C=O) groups is 2. The molecule has 0 aromatic heterocycles. The maximum Gasteiger partial charge on any atom is 0.410 e. The van der Waals surface area contributed by atoms with Crippen molar-refractivity contribution in [2.45, 2.75) is 58.1 Å². The molecule has 0 aromatic carbocycles.